The zero-order chi connectivity index (χ0) is 17.0. The Balaban J connectivity index is 1.84. The smallest absolute Gasteiger partial charge is 0.368 e. The van der Waals surface area contributed by atoms with E-state index in [0.29, 0.717) is 13.1 Å². The molecule has 0 aromatic carbocycles. The minimum atomic E-state index is -4.57. The Morgan fingerprint density at radius 3 is 2.67 bits per heavy atom. The summed E-state index contributed by atoms with van der Waals surface area (Å²) in [6.45, 7) is 0.767. The van der Waals surface area contributed by atoms with E-state index in [2.05, 4.69) is 30.6 Å². The fraction of sp³-hybridized carbons (Fsp3) is 0.214. The molecule has 0 saturated carbocycles. The second-order valence-corrected chi connectivity index (χ2v) is 4.77. The Kier molecular flexibility index (Phi) is 4.36. The molecule has 0 aliphatic heterocycles. The van der Waals surface area contributed by atoms with E-state index in [1.807, 2.05) is 0 Å². The third kappa shape index (κ3) is 3.83. The van der Waals surface area contributed by atoms with E-state index in [4.69, 9.17) is 0 Å². The Morgan fingerprint density at radius 2 is 2.00 bits per heavy atom. The molecule has 7 nitrogen and oxygen atoms in total. The number of nitrogens with one attached hydrogen (secondary N) is 1. The highest BCUT2D eigenvalue weighted by Crippen LogP contribution is 2.30. The van der Waals surface area contributed by atoms with Crippen molar-refractivity contribution >= 4 is 5.82 Å². The first-order valence-electron chi connectivity index (χ1n) is 6.98. The summed E-state index contributed by atoms with van der Waals surface area (Å²) in [6.07, 6.45) is 0.0688. The number of aromatic nitrogens is 6. The molecule has 0 amide bonds. The molecule has 0 saturated heterocycles. The van der Waals surface area contributed by atoms with E-state index in [0.717, 1.165) is 6.07 Å². The molecular formula is C14H12F3N7. The van der Waals surface area contributed by atoms with Crippen molar-refractivity contribution in [2.75, 3.05) is 11.9 Å². The van der Waals surface area contributed by atoms with Crippen molar-refractivity contribution in [3.63, 3.8) is 0 Å². The Bertz CT molecular complexity index is 788. The highest BCUT2D eigenvalue weighted by Gasteiger charge is 2.34. The van der Waals surface area contributed by atoms with Gasteiger partial charge in [0.2, 0.25) is 0 Å². The third-order valence-corrected chi connectivity index (χ3v) is 3.03. The van der Waals surface area contributed by atoms with Gasteiger partial charge in [-0.2, -0.15) is 13.2 Å². The molecule has 0 aliphatic carbocycles. The van der Waals surface area contributed by atoms with Gasteiger partial charge in [0.05, 0.1) is 12.7 Å². The lowest BCUT2D eigenvalue weighted by atomic mass is 10.3. The van der Waals surface area contributed by atoms with Crippen LogP contribution in [0.15, 0.2) is 42.9 Å². The summed E-state index contributed by atoms with van der Waals surface area (Å²) in [5.74, 6) is -0.0215. The summed E-state index contributed by atoms with van der Waals surface area (Å²) in [5.41, 5.74) is -0.760. The average molecular weight is 335 g/mol. The highest BCUT2D eigenvalue weighted by atomic mass is 19.4. The lowest BCUT2D eigenvalue weighted by Crippen LogP contribution is -2.15. The molecule has 0 radical (unpaired) electrons. The standard InChI is InChI=1S/C14H12F3N7/c15-14(16,17)11-9-12(19-5-7-24-8-6-20-23-24)22-13(21-11)10-3-1-2-4-18-10/h1-4,6,8-9H,5,7H2,(H,19,21,22). The molecule has 0 spiro atoms. The number of hydrogen-bond donors (Lipinski definition) is 1. The van der Waals surface area contributed by atoms with Crippen LogP contribution in [-0.2, 0) is 12.7 Å². The van der Waals surface area contributed by atoms with Crippen molar-refractivity contribution in [3.05, 3.63) is 48.5 Å². The first kappa shape index (κ1) is 15.8. The molecule has 124 valence electrons. The molecule has 0 unspecified atom stereocenters. The van der Waals surface area contributed by atoms with Crippen LogP contribution in [0.25, 0.3) is 11.5 Å². The van der Waals surface area contributed by atoms with Crippen molar-refractivity contribution in [1.82, 2.24) is 29.9 Å². The average Bonchev–Trinajstić information content (AvgIpc) is 3.08. The predicted molar refractivity (Wildman–Crippen MR) is 78.8 cm³/mol. The van der Waals surface area contributed by atoms with Crippen LogP contribution in [0.5, 0.6) is 0 Å². The number of pyridine rings is 1. The van der Waals surface area contributed by atoms with Gasteiger partial charge in [0, 0.05) is 25.0 Å². The largest absolute Gasteiger partial charge is 0.433 e. The fourth-order valence-electron chi connectivity index (χ4n) is 1.94. The summed E-state index contributed by atoms with van der Waals surface area (Å²) in [6, 6.07) is 5.74. The van der Waals surface area contributed by atoms with E-state index >= 15 is 0 Å². The molecule has 3 rings (SSSR count). The van der Waals surface area contributed by atoms with E-state index in [-0.39, 0.29) is 17.3 Å². The van der Waals surface area contributed by atoms with Crippen LogP contribution in [0.2, 0.25) is 0 Å². The van der Waals surface area contributed by atoms with Crippen LogP contribution < -0.4 is 5.32 Å². The molecule has 1 N–H and O–H groups in total. The number of anilines is 1. The summed E-state index contributed by atoms with van der Waals surface area (Å²) >= 11 is 0. The molecular weight excluding hydrogens is 323 g/mol. The van der Waals surface area contributed by atoms with Gasteiger partial charge in [-0.1, -0.05) is 11.3 Å². The quantitative estimate of drug-likeness (QED) is 0.770. The zero-order valence-electron chi connectivity index (χ0n) is 12.3. The summed E-state index contributed by atoms with van der Waals surface area (Å²) < 4.78 is 40.7. The van der Waals surface area contributed by atoms with Crippen LogP contribution in [-0.4, -0.2) is 36.5 Å². The second-order valence-electron chi connectivity index (χ2n) is 4.77. The van der Waals surface area contributed by atoms with Crippen LogP contribution in [0.4, 0.5) is 19.0 Å². The normalized spacial score (nSPS) is 11.5. The second kappa shape index (κ2) is 6.60. The number of rotatable bonds is 5. The van der Waals surface area contributed by atoms with E-state index in [9.17, 15) is 13.2 Å². The minimum Gasteiger partial charge on any atom is -0.368 e. The van der Waals surface area contributed by atoms with Gasteiger partial charge in [-0.3, -0.25) is 9.67 Å². The molecule has 0 atom stereocenters. The maximum atomic E-state index is 13.0. The fourth-order valence-corrected chi connectivity index (χ4v) is 1.94. The van der Waals surface area contributed by atoms with Gasteiger partial charge < -0.3 is 5.32 Å². The SMILES string of the molecule is FC(F)(F)c1cc(NCCn2ccnn2)nc(-c2ccccn2)n1. The molecule has 3 aromatic heterocycles. The highest BCUT2D eigenvalue weighted by molar-refractivity contribution is 5.53. The van der Waals surface area contributed by atoms with E-state index < -0.39 is 11.9 Å². The topological polar surface area (TPSA) is 81.4 Å². The van der Waals surface area contributed by atoms with Crippen LogP contribution in [0, 0.1) is 0 Å². The molecule has 10 heteroatoms. The van der Waals surface area contributed by atoms with Gasteiger partial charge in [-0.15, -0.1) is 5.10 Å². The van der Waals surface area contributed by atoms with Crippen molar-refractivity contribution in [2.24, 2.45) is 0 Å². The first-order valence-corrected chi connectivity index (χ1v) is 6.98. The monoisotopic (exact) mass is 335 g/mol. The van der Waals surface area contributed by atoms with Gasteiger partial charge in [0.25, 0.3) is 0 Å². The summed E-state index contributed by atoms with van der Waals surface area (Å²) in [5, 5.41) is 10.3. The van der Waals surface area contributed by atoms with Crippen LogP contribution in [0.3, 0.4) is 0 Å². The van der Waals surface area contributed by atoms with Gasteiger partial charge in [-0.05, 0) is 12.1 Å². The van der Waals surface area contributed by atoms with Crippen molar-refractivity contribution in [2.45, 2.75) is 12.7 Å². The molecule has 0 aliphatic rings. The predicted octanol–water partition coefficient (Wildman–Crippen LogP) is 2.26. The Hall–Kier alpha value is -3.04. The van der Waals surface area contributed by atoms with Gasteiger partial charge in [0.1, 0.15) is 11.5 Å². The van der Waals surface area contributed by atoms with E-state index in [1.165, 1.54) is 12.4 Å². The number of hydrogen-bond acceptors (Lipinski definition) is 6. The maximum absolute atomic E-state index is 13.0. The first-order chi connectivity index (χ1) is 11.5. The molecule has 24 heavy (non-hydrogen) atoms. The Labute approximate surface area is 134 Å². The minimum absolute atomic E-state index is 0.0677. The number of halogens is 3. The van der Waals surface area contributed by atoms with Crippen molar-refractivity contribution in [3.8, 4) is 11.5 Å². The number of nitrogens with zero attached hydrogens (tertiary/aromatic N) is 6. The van der Waals surface area contributed by atoms with Gasteiger partial charge in [0.15, 0.2) is 11.5 Å². The Morgan fingerprint density at radius 1 is 1.12 bits per heavy atom. The van der Waals surface area contributed by atoms with Crippen molar-refractivity contribution in [1.29, 1.82) is 0 Å². The molecule has 3 heterocycles. The lowest BCUT2D eigenvalue weighted by molar-refractivity contribution is -0.141. The lowest BCUT2D eigenvalue weighted by Gasteiger charge is -2.11. The van der Waals surface area contributed by atoms with Gasteiger partial charge in [-0.25, -0.2) is 9.97 Å². The zero-order valence-corrected chi connectivity index (χ0v) is 12.3. The van der Waals surface area contributed by atoms with E-state index in [1.54, 1.807) is 29.1 Å². The third-order valence-electron chi connectivity index (χ3n) is 3.03. The molecule has 0 bridgehead atoms. The number of alkyl halides is 3. The van der Waals surface area contributed by atoms with Crippen LogP contribution in [0.1, 0.15) is 5.69 Å². The van der Waals surface area contributed by atoms with Crippen LogP contribution >= 0.6 is 0 Å². The maximum Gasteiger partial charge on any atom is 0.433 e. The summed E-state index contributed by atoms with van der Waals surface area (Å²) in [7, 11) is 0. The van der Waals surface area contributed by atoms with Gasteiger partial charge >= 0.3 is 6.18 Å². The van der Waals surface area contributed by atoms with Crippen molar-refractivity contribution < 1.29 is 13.2 Å². The molecule has 3 aromatic rings. The molecule has 0 fully saturated rings. The summed E-state index contributed by atoms with van der Waals surface area (Å²) in [4.78, 5) is 11.7.